The first kappa shape index (κ1) is 19.9. The molecular formula is C17H28IN3O2. The summed E-state index contributed by atoms with van der Waals surface area (Å²) in [6.45, 7) is 12.2. The molecule has 5 nitrogen and oxygen atoms in total. The Hall–Kier alpha value is -1.18. The number of rotatable bonds is 5. The summed E-state index contributed by atoms with van der Waals surface area (Å²) in [7, 11) is 0. The van der Waals surface area contributed by atoms with Gasteiger partial charge in [0.25, 0.3) is 0 Å². The number of nitrogens with one attached hydrogen (secondary N) is 2. The van der Waals surface area contributed by atoms with Gasteiger partial charge in [0.2, 0.25) is 0 Å². The number of aliphatic imine (C=N–C) groups is 1. The van der Waals surface area contributed by atoms with E-state index in [1.807, 2.05) is 6.07 Å². The summed E-state index contributed by atoms with van der Waals surface area (Å²) in [4.78, 5) is 4.69. The van der Waals surface area contributed by atoms with Crippen molar-refractivity contribution in [3.05, 3.63) is 23.8 Å². The molecule has 0 bridgehead atoms. The molecule has 0 atom stereocenters. The molecule has 1 aromatic carbocycles. The molecule has 0 saturated heterocycles. The third-order valence-electron chi connectivity index (χ3n) is 3.64. The van der Waals surface area contributed by atoms with E-state index < -0.39 is 0 Å². The predicted octanol–water partition coefficient (Wildman–Crippen LogP) is 2.93. The van der Waals surface area contributed by atoms with Gasteiger partial charge in [-0.15, -0.1) is 24.0 Å². The summed E-state index contributed by atoms with van der Waals surface area (Å²) >= 11 is 0. The van der Waals surface area contributed by atoms with E-state index in [0.29, 0.717) is 19.8 Å². The minimum absolute atomic E-state index is 0. The molecule has 0 unspecified atom stereocenters. The Morgan fingerprint density at radius 1 is 1.09 bits per heavy atom. The molecule has 23 heavy (non-hydrogen) atoms. The van der Waals surface area contributed by atoms with E-state index in [9.17, 15) is 0 Å². The summed E-state index contributed by atoms with van der Waals surface area (Å²) in [5, 5.41) is 6.50. The second-order valence-corrected chi connectivity index (χ2v) is 5.97. The lowest BCUT2D eigenvalue weighted by molar-refractivity contribution is 0.171. The normalized spacial score (nSPS) is 12.9. The highest BCUT2D eigenvalue weighted by molar-refractivity contribution is 14.0. The monoisotopic (exact) mass is 433 g/mol. The molecule has 0 radical (unpaired) electrons. The van der Waals surface area contributed by atoms with Crippen LogP contribution in [-0.2, 0) is 5.41 Å². The van der Waals surface area contributed by atoms with Crippen molar-refractivity contribution >= 4 is 29.9 Å². The molecule has 0 amide bonds. The van der Waals surface area contributed by atoms with Crippen LogP contribution in [0.15, 0.2) is 23.2 Å². The Bertz CT molecular complexity index is 525. The zero-order chi connectivity index (χ0) is 16.0. The summed E-state index contributed by atoms with van der Waals surface area (Å²) in [6.07, 6.45) is 0. The second-order valence-electron chi connectivity index (χ2n) is 5.97. The number of nitrogens with zero attached hydrogens (tertiary/aromatic N) is 1. The molecule has 1 heterocycles. The fraction of sp³-hybridized carbons (Fsp3) is 0.588. The Labute approximate surface area is 156 Å². The van der Waals surface area contributed by atoms with Gasteiger partial charge in [-0.25, -0.2) is 0 Å². The van der Waals surface area contributed by atoms with E-state index in [-0.39, 0.29) is 29.4 Å². The SMILES string of the molecule is CCNC(=NCC(C)(C)c1ccc2c(c1)OCCO2)NCC.I. The lowest BCUT2D eigenvalue weighted by Crippen LogP contribution is -2.38. The first-order valence-corrected chi connectivity index (χ1v) is 7.99. The van der Waals surface area contributed by atoms with E-state index >= 15 is 0 Å². The number of halogens is 1. The lowest BCUT2D eigenvalue weighted by Gasteiger charge is -2.26. The van der Waals surface area contributed by atoms with Crippen LogP contribution in [0.5, 0.6) is 11.5 Å². The van der Waals surface area contributed by atoms with Crippen molar-refractivity contribution in [1.82, 2.24) is 10.6 Å². The molecule has 0 spiro atoms. The zero-order valence-electron chi connectivity index (χ0n) is 14.4. The number of hydrogen-bond donors (Lipinski definition) is 2. The standard InChI is InChI=1S/C17H27N3O2.HI/c1-5-18-16(19-6-2)20-12-17(3,4)13-7-8-14-15(11-13)22-10-9-21-14;/h7-8,11H,5-6,9-10,12H2,1-4H3,(H2,18,19,20);1H. The Kier molecular flexibility index (Phi) is 7.94. The van der Waals surface area contributed by atoms with E-state index in [1.54, 1.807) is 0 Å². The van der Waals surface area contributed by atoms with Crippen molar-refractivity contribution in [3.8, 4) is 11.5 Å². The van der Waals surface area contributed by atoms with Crippen molar-refractivity contribution in [2.75, 3.05) is 32.8 Å². The maximum atomic E-state index is 5.68. The lowest BCUT2D eigenvalue weighted by atomic mass is 9.84. The van der Waals surface area contributed by atoms with E-state index in [1.165, 1.54) is 5.56 Å². The first-order valence-electron chi connectivity index (χ1n) is 7.99. The zero-order valence-corrected chi connectivity index (χ0v) is 16.8. The van der Waals surface area contributed by atoms with Crippen LogP contribution < -0.4 is 20.1 Å². The number of hydrogen-bond acceptors (Lipinski definition) is 3. The van der Waals surface area contributed by atoms with Gasteiger partial charge in [-0.1, -0.05) is 19.9 Å². The van der Waals surface area contributed by atoms with Gasteiger partial charge in [0.05, 0.1) is 6.54 Å². The van der Waals surface area contributed by atoms with Gasteiger partial charge in [0.1, 0.15) is 13.2 Å². The van der Waals surface area contributed by atoms with Crippen LogP contribution in [0.2, 0.25) is 0 Å². The van der Waals surface area contributed by atoms with Gasteiger partial charge in [0.15, 0.2) is 17.5 Å². The molecule has 6 heteroatoms. The predicted molar refractivity (Wildman–Crippen MR) is 106 cm³/mol. The largest absolute Gasteiger partial charge is 0.486 e. The van der Waals surface area contributed by atoms with Gasteiger partial charge in [-0.3, -0.25) is 4.99 Å². The van der Waals surface area contributed by atoms with Crippen LogP contribution in [-0.4, -0.2) is 38.8 Å². The third-order valence-corrected chi connectivity index (χ3v) is 3.64. The van der Waals surface area contributed by atoms with Crippen molar-refractivity contribution in [3.63, 3.8) is 0 Å². The smallest absolute Gasteiger partial charge is 0.191 e. The minimum atomic E-state index is -0.0775. The van der Waals surface area contributed by atoms with E-state index in [2.05, 4.69) is 55.5 Å². The summed E-state index contributed by atoms with van der Waals surface area (Å²) in [5.41, 5.74) is 1.12. The number of fused-ring (bicyclic) bond motifs is 1. The number of guanidine groups is 1. The molecule has 1 aliphatic rings. The van der Waals surface area contributed by atoms with Crippen LogP contribution >= 0.6 is 24.0 Å². The van der Waals surface area contributed by atoms with Crippen molar-refractivity contribution < 1.29 is 9.47 Å². The van der Waals surface area contributed by atoms with Gasteiger partial charge in [-0.2, -0.15) is 0 Å². The molecule has 130 valence electrons. The van der Waals surface area contributed by atoms with E-state index in [4.69, 9.17) is 9.47 Å². The molecule has 1 aliphatic heterocycles. The van der Waals surface area contributed by atoms with Crippen molar-refractivity contribution in [2.45, 2.75) is 33.1 Å². The average Bonchev–Trinajstić information content (AvgIpc) is 2.52. The highest BCUT2D eigenvalue weighted by Crippen LogP contribution is 2.35. The molecular weight excluding hydrogens is 405 g/mol. The molecule has 2 rings (SSSR count). The summed E-state index contributed by atoms with van der Waals surface area (Å²) in [5.74, 6) is 2.52. The van der Waals surface area contributed by atoms with Gasteiger partial charge in [0, 0.05) is 18.5 Å². The maximum absolute atomic E-state index is 5.68. The van der Waals surface area contributed by atoms with Gasteiger partial charge < -0.3 is 20.1 Å². The van der Waals surface area contributed by atoms with Crippen LogP contribution in [0.4, 0.5) is 0 Å². The van der Waals surface area contributed by atoms with Crippen LogP contribution in [0.25, 0.3) is 0 Å². The Morgan fingerprint density at radius 3 is 2.30 bits per heavy atom. The number of ether oxygens (including phenoxy) is 2. The molecule has 1 aromatic rings. The topological polar surface area (TPSA) is 54.9 Å². The third kappa shape index (κ3) is 5.44. The van der Waals surface area contributed by atoms with Crippen molar-refractivity contribution in [1.29, 1.82) is 0 Å². The molecule has 0 fully saturated rings. The second kappa shape index (κ2) is 9.20. The highest BCUT2D eigenvalue weighted by atomic mass is 127. The van der Waals surface area contributed by atoms with Crippen LogP contribution in [0.1, 0.15) is 33.3 Å². The summed E-state index contributed by atoms with van der Waals surface area (Å²) < 4.78 is 11.3. The fourth-order valence-electron chi connectivity index (χ4n) is 2.34. The van der Waals surface area contributed by atoms with Gasteiger partial charge in [-0.05, 0) is 31.5 Å². The molecule has 0 aromatic heterocycles. The first-order chi connectivity index (χ1) is 10.6. The highest BCUT2D eigenvalue weighted by Gasteiger charge is 2.23. The minimum Gasteiger partial charge on any atom is -0.486 e. The fourth-order valence-corrected chi connectivity index (χ4v) is 2.34. The van der Waals surface area contributed by atoms with Crippen LogP contribution in [0, 0.1) is 0 Å². The quantitative estimate of drug-likeness (QED) is 0.426. The molecule has 2 N–H and O–H groups in total. The van der Waals surface area contributed by atoms with Gasteiger partial charge >= 0.3 is 0 Å². The molecule has 0 saturated carbocycles. The summed E-state index contributed by atoms with van der Waals surface area (Å²) in [6, 6.07) is 6.16. The maximum Gasteiger partial charge on any atom is 0.191 e. The average molecular weight is 433 g/mol. The van der Waals surface area contributed by atoms with Crippen molar-refractivity contribution in [2.24, 2.45) is 4.99 Å². The van der Waals surface area contributed by atoms with Crippen LogP contribution in [0.3, 0.4) is 0 Å². The van der Waals surface area contributed by atoms with E-state index in [0.717, 1.165) is 30.5 Å². The Morgan fingerprint density at radius 2 is 1.70 bits per heavy atom. The molecule has 0 aliphatic carbocycles. The number of benzene rings is 1. The Balaban J connectivity index is 0.00000264.